The summed E-state index contributed by atoms with van der Waals surface area (Å²) in [5, 5.41) is 12.4. The molecule has 9 nitrogen and oxygen atoms in total. The first kappa shape index (κ1) is 22.1. The molecule has 0 radical (unpaired) electrons. The lowest BCUT2D eigenvalue weighted by Crippen LogP contribution is -2.34. The smallest absolute Gasteiger partial charge is 0.295 e. The van der Waals surface area contributed by atoms with Gasteiger partial charge in [-0.2, -0.15) is 10.2 Å². The minimum absolute atomic E-state index is 0.217. The molecule has 9 heteroatoms. The first-order valence-electron chi connectivity index (χ1n) is 10.4. The van der Waals surface area contributed by atoms with E-state index in [0.717, 1.165) is 21.6 Å². The molecule has 170 valence electrons. The van der Waals surface area contributed by atoms with Gasteiger partial charge in [-0.25, -0.2) is 9.36 Å². The van der Waals surface area contributed by atoms with Crippen LogP contribution < -0.4 is 20.3 Å². The molecule has 0 fully saturated rings. The Morgan fingerprint density at radius 3 is 2.48 bits per heavy atom. The van der Waals surface area contributed by atoms with Crippen LogP contribution in [0.15, 0.2) is 53.3 Å². The van der Waals surface area contributed by atoms with Crippen molar-refractivity contribution in [2.24, 2.45) is 0 Å². The van der Waals surface area contributed by atoms with Gasteiger partial charge in [0.1, 0.15) is 18.0 Å². The standard InChI is InChI=1S/C24H25N5O4/c1-15-22-16(2)29(18-8-6-5-7-9-18)27-23(22)24(31)28(26-15)14-21(30)25-13-17-10-11-19(32-3)12-20(17)33-4/h5-12H,13-14H2,1-4H3,(H,25,30). The van der Waals surface area contributed by atoms with Crippen LogP contribution in [0, 0.1) is 13.8 Å². The highest BCUT2D eigenvalue weighted by molar-refractivity contribution is 5.83. The molecule has 0 aliphatic heterocycles. The molecule has 4 rings (SSSR count). The average molecular weight is 447 g/mol. The summed E-state index contributed by atoms with van der Waals surface area (Å²) in [5.41, 5.74) is 2.97. The van der Waals surface area contributed by atoms with Gasteiger partial charge in [0.25, 0.3) is 5.56 Å². The number of rotatable bonds is 7. The van der Waals surface area contributed by atoms with Gasteiger partial charge >= 0.3 is 0 Å². The third-order valence-corrected chi connectivity index (χ3v) is 5.45. The molecule has 4 aromatic rings. The van der Waals surface area contributed by atoms with Gasteiger partial charge in [0.2, 0.25) is 5.91 Å². The molecule has 33 heavy (non-hydrogen) atoms. The van der Waals surface area contributed by atoms with Crippen molar-refractivity contribution in [3.8, 4) is 17.2 Å². The summed E-state index contributed by atoms with van der Waals surface area (Å²) in [7, 11) is 3.13. The first-order chi connectivity index (χ1) is 15.9. The molecular weight excluding hydrogens is 422 g/mol. The number of fused-ring (bicyclic) bond motifs is 1. The third-order valence-electron chi connectivity index (χ3n) is 5.45. The number of carbonyl (C=O) groups excluding carboxylic acids is 1. The van der Waals surface area contributed by atoms with E-state index < -0.39 is 5.56 Å². The summed E-state index contributed by atoms with van der Waals surface area (Å²) in [6, 6.07) is 14.9. The first-order valence-corrected chi connectivity index (χ1v) is 10.4. The van der Waals surface area contributed by atoms with Gasteiger partial charge in [-0.3, -0.25) is 9.59 Å². The Morgan fingerprint density at radius 1 is 1.03 bits per heavy atom. The van der Waals surface area contributed by atoms with Crippen LogP contribution in [0.2, 0.25) is 0 Å². The maximum atomic E-state index is 13.1. The van der Waals surface area contributed by atoms with Gasteiger partial charge in [0.15, 0.2) is 5.52 Å². The Morgan fingerprint density at radius 2 is 1.79 bits per heavy atom. The second-order valence-electron chi connectivity index (χ2n) is 7.56. The topological polar surface area (TPSA) is 100 Å². The quantitative estimate of drug-likeness (QED) is 0.467. The van der Waals surface area contributed by atoms with E-state index in [1.54, 1.807) is 31.0 Å². The second-order valence-corrected chi connectivity index (χ2v) is 7.56. The molecule has 0 bridgehead atoms. The van der Waals surface area contributed by atoms with Crippen molar-refractivity contribution >= 4 is 16.8 Å². The van der Waals surface area contributed by atoms with Gasteiger partial charge < -0.3 is 14.8 Å². The Bertz CT molecular complexity index is 1380. The van der Waals surface area contributed by atoms with E-state index in [9.17, 15) is 9.59 Å². The number of benzene rings is 2. The number of carbonyl (C=O) groups is 1. The van der Waals surface area contributed by atoms with Crippen molar-refractivity contribution < 1.29 is 14.3 Å². The molecule has 0 atom stereocenters. The Hall–Kier alpha value is -4.14. The van der Waals surface area contributed by atoms with Crippen molar-refractivity contribution in [2.75, 3.05) is 14.2 Å². The van der Waals surface area contributed by atoms with Crippen LogP contribution in [-0.2, 0) is 17.9 Å². The van der Waals surface area contributed by atoms with Gasteiger partial charge in [-0.15, -0.1) is 0 Å². The highest BCUT2D eigenvalue weighted by Crippen LogP contribution is 2.24. The lowest BCUT2D eigenvalue weighted by atomic mass is 10.2. The molecular formula is C24H25N5O4. The van der Waals surface area contributed by atoms with E-state index in [0.29, 0.717) is 22.6 Å². The Labute approximate surface area is 190 Å². The van der Waals surface area contributed by atoms with Crippen LogP contribution in [0.25, 0.3) is 16.6 Å². The predicted molar refractivity (Wildman–Crippen MR) is 124 cm³/mol. The molecule has 1 N–H and O–H groups in total. The van der Waals surface area contributed by atoms with Crippen LogP contribution >= 0.6 is 0 Å². The highest BCUT2D eigenvalue weighted by Gasteiger charge is 2.18. The average Bonchev–Trinajstić information content (AvgIpc) is 3.19. The van der Waals surface area contributed by atoms with Crippen molar-refractivity contribution in [3.63, 3.8) is 0 Å². The number of ether oxygens (including phenoxy) is 2. The number of para-hydroxylation sites is 1. The number of hydrogen-bond donors (Lipinski definition) is 1. The normalized spacial score (nSPS) is 10.9. The molecule has 0 saturated carbocycles. The van der Waals surface area contributed by atoms with Crippen molar-refractivity contribution in [1.82, 2.24) is 24.9 Å². The maximum absolute atomic E-state index is 13.1. The van der Waals surface area contributed by atoms with Gasteiger partial charge in [-0.1, -0.05) is 18.2 Å². The van der Waals surface area contributed by atoms with Crippen LogP contribution in [0.4, 0.5) is 0 Å². The number of methoxy groups -OCH3 is 2. The molecule has 2 aromatic heterocycles. The summed E-state index contributed by atoms with van der Waals surface area (Å²) in [4.78, 5) is 25.7. The fourth-order valence-corrected chi connectivity index (χ4v) is 3.80. The predicted octanol–water partition coefficient (Wildman–Crippen LogP) is 2.53. The van der Waals surface area contributed by atoms with Crippen molar-refractivity contribution in [3.05, 3.63) is 75.8 Å². The fraction of sp³-hybridized carbons (Fsp3) is 0.250. The Kier molecular flexibility index (Phi) is 6.12. The number of hydrogen-bond acceptors (Lipinski definition) is 6. The van der Waals surface area contributed by atoms with E-state index in [1.807, 2.05) is 50.2 Å². The molecule has 1 amide bonds. The van der Waals surface area contributed by atoms with Crippen LogP contribution in [0.1, 0.15) is 17.0 Å². The number of nitrogens with one attached hydrogen (secondary N) is 1. The highest BCUT2D eigenvalue weighted by atomic mass is 16.5. The summed E-state index contributed by atoms with van der Waals surface area (Å²) < 4.78 is 13.4. The van der Waals surface area contributed by atoms with Gasteiger partial charge in [-0.05, 0) is 38.1 Å². The number of aromatic nitrogens is 4. The fourth-order valence-electron chi connectivity index (χ4n) is 3.80. The molecule has 2 aromatic carbocycles. The Balaban J connectivity index is 1.57. The molecule has 0 spiro atoms. The summed E-state index contributed by atoms with van der Waals surface area (Å²) >= 11 is 0. The van der Waals surface area contributed by atoms with Crippen LogP contribution in [0.5, 0.6) is 11.5 Å². The van der Waals surface area contributed by atoms with Crippen LogP contribution in [-0.4, -0.2) is 39.7 Å². The molecule has 0 unspecified atom stereocenters. The number of aryl methyl sites for hydroxylation is 2. The van der Waals surface area contributed by atoms with E-state index >= 15 is 0 Å². The van der Waals surface area contributed by atoms with E-state index in [-0.39, 0.29) is 24.5 Å². The maximum Gasteiger partial charge on any atom is 0.295 e. The number of nitrogens with zero attached hydrogens (tertiary/aromatic N) is 4. The van der Waals surface area contributed by atoms with Crippen molar-refractivity contribution in [1.29, 1.82) is 0 Å². The zero-order valence-electron chi connectivity index (χ0n) is 19.0. The van der Waals surface area contributed by atoms with Gasteiger partial charge in [0.05, 0.1) is 36.7 Å². The molecule has 2 heterocycles. The summed E-state index contributed by atoms with van der Waals surface area (Å²) in [6.07, 6.45) is 0. The van der Waals surface area contributed by atoms with Crippen molar-refractivity contribution in [2.45, 2.75) is 26.9 Å². The lowest BCUT2D eigenvalue weighted by molar-refractivity contribution is -0.122. The van der Waals surface area contributed by atoms with Crippen LogP contribution in [0.3, 0.4) is 0 Å². The third kappa shape index (κ3) is 4.30. The van der Waals surface area contributed by atoms with Gasteiger partial charge in [0, 0.05) is 18.2 Å². The minimum atomic E-state index is -0.412. The monoisotopic (exact) mass is 447 g/mol. The van der Waals surface area contributed by atoms with E-state index in [1.165, 1.54) is 0 Å². The zero-order valence-corrected chi connectivity index (χ0v) is 19.0. The molecule has 0 aliphatic rings. The van der Waals surface area contributed by atoms with E-state index in [2.05, 4.69) is 15.5 Å². The molecule has 0 saturated heterocycles. The zero-order chi connectivity index (χ0) is 23.5. The number of amides is 1. The summed E-state index contributed by atoms with van der Waals surface area (Å²) in [6.45, 7) is 3.73. The summed E-state index contributed by atoms with van der Waals surface area (Å²) in [5.74, 6) is 0.913. The molecule has 0 aliphatic carbocycles. The minimum Gasteiger partial charge on any atom is -0.497 e. The lowest BCUT2D eigenvalue weighted by Gasteiger charge is -2.12. The SMILES string of the molecule is COc1ccc(CNC(=O)Cn2nc(C)c3c(C)n(-c4ccccc4)nc3c2=O)c(OC)c1. The second kappa shape index (κ2) is 9.15. The largest absolute Gasteiger partial charge is 0.497 e. The van der Waals surface area contributed by atoms with E-state index in [4.69, 9.17) is 9.47 Å².